The molecule has 0 heterocycles. The fourth-order valence-corrected chi connectivity index (χ4v) is 0. The quantitative estimate of drug-likeness (QED) is 0.515. The SMILES string of the molecule is O=S.[Pt].[Pt]. The van der Waals surface area contributed by atoms with E-state index in [1.165, 1.54) is 0 Å². The topological polar surface area (TPSA) is 17.1 Å². The van der Waals surface area contributed by atoms with E-state index in [0.29, 0.717) is 0 Å². The van der Waals surface area contributed by atoms with Crippen molar-refractivity contribution in [3.05, 3.63) is 0 Å². The Hall–Kier alpha value is 1.40. The third-order valence-corrected chi connectivity index (χ3v) is 0. The summed E-state index contributed by atoms with van der Waals surface area (Å²) in [6.07, 6.45) is 0. The van der Waals surface area contributed by atoms with Crippen LogP contribution in [-0.4, -0.2) is 4.21 Å². The van der Waals surface area contributed by atoms with Crippen LogP contribution in [0.2, 0.25) is 0 Å². The van der Waals surface area contributed by atoms with Crippen molar-refractivity contribution in [3.63, 3.8) is 0 Å². The van der Waals surface area contributed by atoms with Crippen molar-refractivity contribution >= 4 is 12.5 Å². The van der Waals surface area contributed by atoms with Crippen molar-refractivity contribution in [3.8, 4) is 0 Å². The van der Waals surface area contributed by atoms with Crippen LogP contribution in [0, 0.1) is 0 Å². The van der Waals surface area contributed by atoms with Crippen LogP contribution in [0.4, 0.5) is 0 Å². The molecule has 4 heavy (non-hydrogen) atoms. The predicted molar refractivity (Wildman–Crippen MR) is 8.14 cm³/mol. The summed E-state index contributed by atoms with van der Waals surface area (Å²) in [7, 11) is 0. The molecular weight excluding hydrogens is 438 g/mol. The van der Waals surface area contributed by atoms with Crippen molar-refractivity contribution in [2.75, 3.05) is 0 Å². The van der Waals surface area contributed by atoms with Gasteiger partial charge in [0.1, 0.15) is 0 Å². The molecule has 0 spiro atoms. The maximum Gasteiger partial charge on any atom is 0.197 e. The number of hydrogen-bond acceptors (Lipinski definition) is 2. The Bertz CT molecular complexity index is 6.00. The van der Waals surface area contributed by atoms with Crippen LogP contribution in [0.5, 0.6) is 0 Å². The average molecular weight is 438 g/mol. The Labute approximate surface area is 58.6 Å². The molecule has 0 aliphatic carbocycles. The Morgan fingerprint density at radius 3 is 1.00 bits per heavy atom. The molecule has 4 heteroatoms. The minimum atomic E-state index is 0. The van der Waals surface area contributed by atoms with E-state index in [1.807, 2.05) is 0 Å². The van der Waals surface area contributed by atoms with Crippen LogP contribution in [0.15, 0.2) is 0 Å². The molecule has 0 fully saturated rings. The molecule has 0 radical (unpaired) electrons. The normalized spacial score (nSPS) is 1.00. The molecular formula is OPt2S. The van der Waals surface area contributed by atoms with Gasteiger partial charge in [-0.15, -0.1) is 0 Å². The molecule has 32 valence electrons. The van der Waals surface area contributed by atoms with E-state index in [2.05, 4.69) is 12.5 Å². The van der Waals surface area contributed by atoms with Gasteiger partial charge in [0, 0.05) is 42.1 Å². The Balaban J connectivity index is -0.00000000500. The Kier molecular flexibility index (Phi) is 118. The van der Waals surface area contributed by atoms with E-state index >= 15 is 0 Å². The smallest absolute Gasteiger partial charge is 0.197 e. The molecule has 0 aromatic carbocycles. The average Bonchev–Trinajstić information content (AvgIpc) is 1.00. The fourth-order valence-electron chi connectivity index (χ4n) is 0. The van der Waals surface area contributed by atoms with Crippen molar-refractivity contribution in [1.29, 1.82) is 0 Å². The van der Waals surface area contributed by atoms with E-state index in [4.69, 9.17) is 4.21 Å². The molecule has 0 aromatic rings. The summed E-state index contributed by atoms with van der Waals surface area (Å²) in [6, 6.07) is 0. The zero-order valence-corrected chi connectivity index (χ0v) is 6.81. The second-order valence-electron chi connectivity index (χ2n) is 0. The summed E-state index contributed by atoms with van der Waals surface area (Å²) in [5.41, 5.74) is 0. The van der Waals surface area contributed by atoms with Gasteiger partial charge in [0.25, 0.3) is 0 Å². The minimum absolute atomic E-state index is 0. The molecule has 0 saturated heterocycles. The first-order valence-electron chi connectivity index (χ1n) is 0.167. The van der Waals surface area contributed by atoms with Gasteiger partial charge in [0.05, 0.1) is 0 Å². The van der Waals surface area contributed by atoms with Crippen molar-refractivity contribution in [2.45, 2.75) is 0 Å². The van der Waals surface area contributed by atoms with Crippen molar-refractivity contribution < 1.29 is 46.3 Å². The largest absolute Gasteiger partial charge is 0.197 e. The summed E-state index contributed by atoms with van der Waals surface area (Å²) in [5, 5.41) is 0. The van der Waals surface area contributed by atoms with Crippen LogP contribution >= 0.6 is 0 Å². The molecule has 0 amide bonds. The van der Waals surface area contributed by atoms with Gasteiger partial charge >= 0.3 is 0 Å². The standard InChI is InChI=1S/OS.2Pt/c1-2;;. The molecule has 1 nitrogen and oxygen atoms in total. The zero-order valence-electron chi connectivity index (χ0n) is 1.45. The van der Waals surface area contributed by atoms with Crippen LogP contribution < -0.4 is 0 Å². The van der Waals surface area contributed by atoms with Gasteiger partial charge in [-0.05, 0) is 0 Å². The second kappa shape index (κ2) is 26.0. The van der Waals surface area contributed by atoms with Crippen molar-refractivity contribution in [2.24, 2.45) is 0 Å². The predicted octanol–water partition coefficient (Wildman–Crippen LogP) is -0.341. The second-order valence-corrected chi connectivity index (χ2v) is 0. The maximum atomic E-state index is 7.83. The first kappa shape index (κ1) is 18.2. The van der Waals surface area contributed by atoms with E-state index < -0.39 is 0 Å². The van der Waals surface area contributed by atoms with Gasteiger partial charge < -0.3 is 0 Å². The van der Waals surface area contributed by atoms with E-state index in [-0.39, 0.29) is 42.1 Å². The monoisotopic (exact) mass is 438 g/mol. The number of hydrogen-bond donors (Lipinski definition) is 0. The van der Waals surface area contributed by atoms with Crippen LogP contribution in [-0.2, 0) is 54.7 Å². The van der Waals surface area contributed by atoms with Gasteiger partial charge in [-0.3, -0.25) is 0 Å². The zero-order chi connectivity index (χ0) is 2.00. The molecule has 0 unspecified atom stereocenters. The number of rotatable bonds is 0. The van der Waals surface area contributed by atoms with Crippen LogP contribution in [0.1, 0.15) is 0 Å². The third-order valence-electron chi connectivity index (χ3n) is 0. The van der Waals surface area contributed by atoms with Crippen LogP contribution in [0.3, 0.4) is 0 Å². The first-order chi connectivity index (χ1) is 1.00. The molecule has 0 atom stereocenters. The molecule has 0 aliphatic rings. The van der Waals surface area contributed by atoms with Crippen molar-refractivity contribution in [1.82, 2.24) is 0 Å². The fraction of sp³-hybridized carbons (Fsp3) is 0. The first-order valence-corrected chi connectivity index (χ1v) is 0.500. The van der Waals surface area contributed by atoms with Gasteiger partial charge in [-0.25, -0.2) is 0 Å². The molecule has 0 aliphatic heterocycles. The summed E-state index contributed by atoms with van der Waals surface area (Å²) in [4.78, 5) is 0. The Morgan fingerprint density at radius 2 is 1.00 bits per heavy atom. The summed E-state index contributed by atoms with van der Waals surface area (Å²) < 4.78 is 7.83. The molecule has 0 saturated carbocycles. The maximum absolute atomic E-state index is 7.83. The van der Waals surface area contributed by atoms with Gasteiger partial charge in [-0.2, -0.15) is 4.21 Å². The van der Waals surface area contributed by atoms with Crippen LogP contribution in [0.25, 0.3) is 0 Å². The molecule has 0 aromatic heterocycles. The minimum Gasteiger partial charge on any atom is -0.197 e. The van der Waals surface area contributed by atoms with Gasteiger partial charge in [0.2, 0.25) is 0 Å². The van der Waals surface area contributed by atoms with E-state index in [0.717, 1.165) is 0 Å². The third kappa shape index (κ3) is 10.0. The van der Waals surface area contributed by atoms with E-state index in [1.54, 1.807) is 0 Å². The summed E-state index contributed by atoms with van der Waals surface area (Å²) in [6.45, 7) is 0. The van der Waals surface area contributed by atoms with E-state index in [9.17, 15) is 0 Å². The summed E-state index contributed by atoms with van der Waals surface area (Å²) >= 11 is 2.83. The Morgan fingerprint density at radius 1 is 1.00 bits per heavy atom. The van der Waals surface area contributed by atoms with Gasteiger partial charge in [0.15, 0.2) is 12.5 Å². The molecule has 0 rings (SSSR count). The van der Waals surface area contributed by atoms with Gasteiger partial charge in [-0.1, -0.05) is 0 Å². The molecule has 0 N–H and O–H groups in total. The summed E-state index contributed by atoms with van der Waals surface area (Å²) in [5.74, 6) is 0. The molecule has 0 bridgehead atoms.